The summed E-state index contributed by atoms with van der Waals surface area (Å²) in [7, 11) is 2.10. The van der Waals surface area contributed by atoms with Gasteiger partial charge in [-0.2, -0.15) is 0 Å². The Kier molecular flexibility index (Phi) is 5.42. The van der Waals surface area contributed by atoms with Gasteiger partial charge in [-0.15, -0.1) is 0 Å². The van der Waals surface area contributed by atoms with Crippen molar-refractivity contribution in [3.8, 4) is 0 Å². The molecule has 0 saturated heterocycles. The molecule has 0 radical (unpaired) electrons. The third-order valence-electron chi connectivity index (χ3n) is 2.51. The fraction of sp³-hybridized carbons (Fsp3) is 0.643. The van der Waals surface area contributed by atoms with Gasteiger partial charge in [-0.1, -0.05) is 33.8 Å². The summed E-state index contributed by atoms with van der Waals surface area (Å²) in [5.41, 5.74) is 1.10. The molecule has 17 heavy (non-hydrogen) atoms. The molecule has 3 nitrogen and oxygen atoms in total. The van der Waals surface area contributed by atoms with Gasteiger partial charge in [0.2, 0.25) is 0 Å². The third kappa shape index (κ3) is 5.18. The number of rotatable bonds is 6. The van der Waals surface area contributed by atoms with E-state index in [-0.39, 0.29) is 0 Å². The number of aromatic nitrogens is 1. The Labute approximate surface area is 105 Å². The zero-order valence-corrected chi connectivity index (χ0v) is 11.7. The topological polar surface area (TPSA) is 28.2 Å². The highest BCUT2D eigenvalue weighted by Gasteiger charge is 2.05. The van der Waals surface area contributed by atoms with Crippen LogP contribution in [0.1, 0.15) is 33.4 Å². The van der Waals surface area contributed by atoms with Gasteiger partial charge in [-0.25, -0.2) is 4.98 Å². The van der Waals surface area contributed by atoms with Crippen LogP contribution in [0.2, 0.25) is 0 Å². The van der Waals surface area contributed by atoms with Crippen molar-refractivity contribution >= 4 is 5.82 Å². The van der Waals surface area contributed by atoms with E-state index >= 15 is 0 Å². The Bertz CT molecular complexity index is 334. The largest absolute Gasteiger partial charge is 0.359 e. The predicted octanol–water partition coefficient (Wildman–Crippen LogP) is 2.67. The van der Waals surface area contributed by atoms with Crippen molar-refractivity contribution in [1.82, 2.24) is 10.3 Å². The lowest BCUT2D eigenvalue weighted by Gasteiger charge is -2.21. The van der Waals surface area contributed by atoms with Crippen LogP contribution in [0.15, 0.2) is 18.2 Å². The molecule has 96 valence electrons. The number of anilines is 1. The Morgan fingerprint density at radius 2 is 1.94 bits per heavy atom. The van der Waals surface area contributed by atoms with E-state index in [0.29, 0.717) is 12.0 Å². The van der Waals surface area contributed by atoms with E-state index in [1.165, 1.54) is 0 Å². The van der Waals surface area contributed by atoms with Crippen molar-refractivity contribution < 1.29 is 0 Å². The predicted molar refractivity (Wildman–Crippen MR) is 74.3 cm³/mol. The van der Waals surface area contributed by atoms with Gasteiger partial charge in [0.05, 0.1) is 5.69 Å². The maximum atomic E-state index is 4.66. The highest BCUT2D eigenvalue weighted by molar-refractivity contribution is 5.38. The van der Waals surface area contributed by atoms with E-state index in [4.69, 9.17) is 0 Å². The number of hydrogen-bond acceptors (Lipinski definition) is 3. The molecule has 0 aliphatic rings. The van der Waals surface area contributed by atoms with Gasteiger partial charge in [0, 0.05) is 26.2 Å². The van der Waals surface area contributed by atoms with Crippen LogP contribution in [0, 0.1) is 5.92 Å². The van der Waals surface area contributed by atoms with Gasteiger partial charge >= 0.3 is 0 Å². The Morgan fingerprint density at radius 3 is 2.53 bits per heavy atom. The molecule has 0 atom stereocenters. The van der Waals surface area contributed by atoms with Crippen LogP contribution >= 0.6 is 0 Å². The van der Waals surface area contributed by atoms with E-state index in [9.17, 15) is 0 Å². The van der Waals surface area contributed by atoms with Crippen LogP contribution in [-0.2, 0) is 6.54 Å². The lowest BCUT2D eigenvalue weighted by molar-refractivity contribution is 0.580. The molecule has 0 bridgehead atoms. The second-order valence-corrected chi connectivity index (χ2v) is 5.30. The molecule has 0 aliphatic heterocycles. The first-order chi connectivity index (χ1) is 7.99. The summed E-state index contributed by atoms with van der Waals surface area (Å²) in [6, 6.07) is 6.72. The molecule has 0 fully saturated rings. The second-order valence-electron chi connectivity index (χ2n) is 5.30. The van der Waals surface area contributed by atoms with Crippen molar-refractivity contribution in [2.45, 2.75) is 40.3 Å². The lowest BCUT2D eigenvalue weighted by Crippen LogP contribution is -2.25. The molecule has 0 aromatic carbocycles. The van der Waals surface area contributed by atoms with Crippen molar-refractivity contribution in [2.24, 2.45) is 5.92 Å². The maximum Gasteiger partial charge on any atom is 0.128 e. The standard InChI is InChI=1S/C14H25N3/c1-11(2)10-17(5)14-8-6-7-13(16-14)9-15-12(3)4/h6-8,11-12,15H,9-10H2,1-5H3. The highest BCUT2D eigenvalue weighted by Crippen LogP contribution is 2.11. The summed E-state index contributed by atoms with van der Waals surface area (Å²) in [6.07, 6.45) is 0. The minimum absolute atomic E-state index is 0.494. The minimum Gasteiger partial charge on any atom is -0.359 e. The van der Waals surface area contributed by atoms with E-state index < -0.39 is 0 Å². The molecule has 0 aliphatic carbocycles. The first-order valence-electron chi connectivity index (χ1n) is 6.39. The molecule has 1 N–H and O–H groups in total. The Balaban J connectivity index is 2.64. The van der Waals surface area contributed by atoms with Crippen LogP contribution in [-0.4, -0.2) is 24.6 Å². The lowest BCUT2D eigenvalue weighted by atomic mass is 10.2. The highest BCUT2D eigenvalue weighted by atomic mass is 15.2. The fourth-order valence-electron chi connectivity index (χ4n) is 1.73. The van der Waals surface area contributed by atoms with E-state index in [0.717, 1.165) is 24.6 Å². The Hall–Kier alpha value is -1.09. The molecule has 1 rings (SSSR count). The summed E-state index contributed by atoms with van der Waals surface area (Å²) in [5.74, 6) is 1.71. The van der Waals surface area contributed by atoms with Gasteiger partial charge in [-0.3, -0.25) is 0 Å². The monoisotopic (exact) mass is 235 g/mol. The first kappa shape index (κ1) is 14.0. The van der Waals surface area contributed by atoms with Gasteiger partial charge in [0.25, 0.3) is 0 Å². The molecule has 1 aromatic heterocycles. The summed E-state index contributed by atoms with van der Waals surface area (Å²) < 4.78 is 0. The second kappa shape index (κ2) is 6.60. The van der Waals surface area contributed by atoms with E-state index in [2.05, 4.69) is 68.1 Å². The molecule has 0 saturated carbocycles. The molecular formula is C14H25N3. The molecular weight excluding hydrogens is 210 g/mol. The molecule has 0 unspecified atom stereocenters. The quantitative estimate of drug-likeness (QED) is 0.821. The third-order valence-corrected chi connectivity index (χ3v) is 2.51. The minimum atomic E-state index is 0.494. The number of pyridine rings is 1. The van der Waals surface area contributed by atoms with Gasteiger partial charge in [0.1, 0.15) is 5.82 Å². The number of hydrogen-bond donors (Lipinski definition) is 1. The van der Waals surface area contributed by atoms with Crippen molar-refractivity contribution in [2.75, 3.05) is 18.5 Å². The average molecular weight is 235 g/mol. The van der Waals surface area contributed by atoms with Gasteiger partial charge in [0.15, 0.2) is 0 Å². The fourth-order valence-corrected chi connectivity index (χ4v) is 1.73. The van der Waals surface area contributed by atoms with Crippen LogP contribution in [0.3, 0.4) is 0 Å². The summed E-state index contributed by atoms with van der Waals surface area (Å²) in [4.78, 5) is 6.87. The number of nitrogens with one attached hydrogen (secondary N) is 1. The SMILES string of the molecule is CC(C)CN(C)c1cccc(CNC(C)C)n1. The van der Waals surface area contributed by atoms with Gasteiger partial charge < -0.3 is 10.2 Å². The zero-order valence-electron chi connectivity index (χ0n) is 11.7. The normalized spacial score (nSPS) is 11.2. The average Bonchev–Trinajstić information content (AvgIpc) is 2.26. The van der Waals surface area contributed by atoms with Crippen LogP contribution < -0.4 is 10.2 Å². The van der Waals surface area contributed by atoms with Crippen molar-refractivity contribution in [1.29, 1.82) is 0 Å². The molecule has 1 heterocycles. The van der Waals surface area contributed by atoms with Crippen LogP contribution in [0.25, 0.3) is 0 Å². The summed E-state index contributed by atoms with van der Waals surface area (Å²) >= 11 is 0. The zero-order chi connectivity index (χ0) is 12.8. The van der Waals surface area contributed by atoms with Crippen LogP contribution in [0.4, 0.5) is 5.82 Å². The van der Waals surface area contributed by atoms with E-state index in [1.54, 1.807) is 0 Å². The smallest absolute Gasteiger partial charge is 0.128 e. The number of nitrogens with zero attached hydrogens (tertiary/aromatic N) is 2. The molecule has 0 spiro atoms. The molecule has 0 amide bonds. The van der Waals surface area contributed by atoms with Gasteiger partial charge in [-0.05, 0) is 18.1 Å². The van der Waals surface area contributed by atoms with Crippen LogP contribution in [0.5, 0.6) is 0 Å². The Morgan fingerprint density at radius 1 is 1.24 bits per heavy atom. The molecule has 1 aromatic rings. The molecule has 3 heteroatoms. The summed E-state index contributed by atoms with van der Waals surface area (Å²) in [6.45, 7) is 10.6. The van der Waals surface area contributed by atoms with Crippen molar-refractivity contribution in [3.05, 3.63) is 23.9 Å². The van der Waals surface area contributed by atoms with Crippen molar-refractivity contribution in [3.63, 3.8) is 0 Å². The van der Waals surface area contributed by atoms with E-state index in [1.807, 2.05) is 0 Å². The summed E-state index contributed by atoms with van der Waals surface area (Å²) in [5, 5.41) is 3.39. The first-order valence-corrected chi connectivity index (χ1v) is 6.39. The maximum absolute atomic E-state index is 4.66.